The molecule has 0 spiro atoms. The van der Waals surface area contributed by atoms with E-state index in [1.165, 1.54) is 50.1 Å². The average Bonchev–Trinajstić information content (AvgIpc) is 2.88. The van der Waals surface area contributed by atoms with Gasteiger partial charge in [-0.25, -0.2) is 0 Å². The molecular formula is C19H30N2. The molecule has 1 atom stereocenters. The molecule has 1 saturated heterocycles. The largest absolute Gasteiger partial charge is 0.384 e. The number of piperidine rings is 1. The third kappa shape index (κ3) is 3.42. The highest BCUT2D eigenvalue weighted by Crippen LogP contribution is 2.36. The number of likely N-dealkylation sites (tertiary alicyclic amines) is 1. The van der Waals surface area contributed by atoms with Gasteiger partial charge in [-0.1, -0.05) is 39.0 Å². The summed E-state index contributed by atoms with van der Waals surface area (Å²) in [5.74, 6) is 1.61. The Morgan fingerprint density at radius 3 is 2.57 bits per heavy atom. The lowest BCUT2D eigenvalue weighted by atomic mass is 9.75. The first-order chi connectivity index (χ1) is 10.0. The quantitative estimate of drug-likeness (QED) is 0.889. The molecule has 2 nitrogen and oxygen atoms in total. The number of para-hydroxylation sites is 1. The van der Waals surface area contributed by atoms with Crippen molar-refractivity contribution in [2.75, 3.05) is 31.5 Å². The van der Waals surface area contributed by atoms with Crippen molar-refractivity contribution in [3.8, 4) is 0 Å². The van der Waals surface area contributed by atoms with Crippen molar-refractivity contribution in [3.05, 3.63) is 29.8 Å². The van der Waals surface area contributed by atoms with Crippen molar-refractivity contribution in [3.63, 3.8) is 0 Å². The van der Waals surface area contributed by atoms with Crippen LogP contribution in [0.15, 0.2) is 24.3 Å². The molecular weight excluding hydrogens is 256 g/mol. The third-order valence-electron chi connectivity index (χ3n) is 5.55. The van der Waals surface area contributed by atoms with Gasteiger partial charge in [-0.3, -0.25) is 0 Å². The molecule has 0 bridgehead atoms. The molecule has 0 aromatic heterocycles. The SMILES string of the molecule is CC(C)(C)C1CCN(CCC2CNc3ccccc32)CC1. The van der Waals surface area contributed by atoms with Crippen LogP contribution in [0.4, 0.5) is 5.69 Å². The van der Waals surface area contributed by atoms with Gasteiger partial charge in [-0.05, 0) is 61.9 Å². The zero-order valence-corrected chi connectivity index (χ0v) is 13.9. The Morgan fingerprint density at radius 1 is 1.14 bits per heavy atom. The lowest BCUT2D eigenvalue weighted by Gasteiger charge is -2.39. The van der Waals surface area contributed by atoms with Crippen molar-refractivity contribution < 1.29 is 0 Å². The third-order valence-corrected chi connectivity index (χ3v) is 5.55. The van der Waals surface area contributed by atoms with Crippen molar-refractivity contribution in [2.45, 2.75) is 46.0 Å². The Morgan fingerprint density at radius 2 is 1.86 bits per heavy atom. The van der Waals surface area contributed by atoms with E-state index in [0.717, 1.165) is 12.5 Å². The topological polar surface area (TPSA) is 15.3 Å². The summed E-state index contributed by atoms with van der Waals surface area (Å²) in [7, 11) is 0. The van der Waals surface area contributed by atoms with Gasteiger partial charge in [0.2, 0.25) is 0 Å². The highest BCUT2D eigenvalue weighted by molar-refractivity contribution is 5.57. The lowest BCUT2D eigenvalue weighted by Crippen LogP contribution is -2.38. The number of rotatable bonds is 3. The number of benzene rings is 1. The van der Waals surface area contributed by atoms with Crippen molar-refractivity contribution >= 4 is 5.69 Å². The number of nitrogens with one attached hydrogen (secondary N) is 1. The summed E-state index contributed by atoms with van der Waals surface area (Å²) in [6.07, 6.45) is 4.05. The van der Waals surface area contributed by atoms with E-state index < -0.39 is 0 Å². The van der Waals surface area contributed by atoms with Crippen LogP contribution in [-0.4, -0.2) is 31.1 Å². The molecule has 1 fully saturated rings. The second-order valence-corrected chi connectivity index (χ2v) is 7.94. The van der Waals surface area contributed by atoms with E-state index in [1.54, 1.807) is 0 Å². The summed E-state index contributed by atoms with van der Waals surface area (Å²) in [5, 5.41) is 3.55. The standard InChI is InChI=1S/C19H30N2/c1-19(2,3)16-9-12-21(13-10-16)11-8-15-14-20-18-7-5-4-6-17(15)18/h4-7,15-16,20H,8-14H2,1-3H3. The molecule has 1 unspecified atom stereocenters. The van der Waals surface area contributed by atoms with E-state index >= 15 is 0 Å². The Balaban J connectivity index is 1.47. The monoisotopic (exact) mass is 286 g/mol. The maximum atomic E-state index is 3.55. The van der Waals surface area contributed by atoms with Crippen LogP contribution in [-0.2, 0) is 0 Å². The molecule has 2 heterocycles. The maximum absolute atomic E-state index is 3.55. The Labute approximate surface area is 129 Å². The van der Waals surface area contributed by atoms with Gasteiger partial charge >= 0.3 is 0 Å². The number of nitrogens with zero attached hydrogens (tertiary/aromatic N) is 1. The fourth-order valence-electron chi connectivity index (χ4n) is 3.98. The predicted octanol–water partition coefficient (Wildman–Crippen LogP) is 4.34. The Kier molecular flexibility index (Phi) is 4.26. The summed E-state index contributed by atoms with van der Waals surface area (Å²) in [6.45, 7) is 12.2. The molecule has 116 valence electrons. The van der Waals surface area contributed by atoms with Gasteiger partial charge in [0.1, 0.15) is 0 Å². The molecule has 0 radical (unpaired) electrons. The fourth-order valence-corrected chi connectivity index (χ4v) is 3.98. The van der Waals surface area contributed by atoms with Crippen LogP contribution in [0, 0.1) is 11.3 Å². The van der Waals surface area contributed by atoms with Crippen molar-refractivity contribution in [2.24, 2.45) is 11.3 Å². The van der Waals surface area contributed by atoms with Crippen LogP contribution >= 0.6 is 0 Å². The molecule has 1 aromatic carbocycles. The van der Waals surface area contributed by atoms with Crippen molar-refractivity contribution in [1.29, 1.82) is 0 Å². The molecule has 0 amide bonds. The normalized spacial score (nSPS) is 23.9. The lowest BCUT2D eigenvalue weighted by molar-refractivity contribution is 0.110. The van der Waals surface area contributed by atoms with Crippen LogP contribution in [0.2, 0.25) is 0 Å². The van der Waals surface area contributed by atoms with Crippen LogP contribution in [0.25, 0.3) is 0 Å². The van der Waals surface area contributed by atoms with E-state index in [4.69, 9.17) is 0 Å². The summed E-state index contributed by atoms with van der Waals surface area (Å²) in [4.78, 5) is 2.68. The minimum atomic E-state index is 0.487. The average molecular weight is 286 g/mol. The first kappa shape index (κ1) is 14.9. The summed E-state index contributed by atoms with van der Waals surface area (Å²) in [6, 6.07) is 8.81. The molecule has 0 aliphatic carbocycles. The van der Waals surface area contributed by atoms with E-state index in [1.807, 2.05) is 0 Å². The van der Waals surface area contributed by atoms with Crippen molar-refractivity contribution in [1.82, 2.24) is 4.90 Å². The summed E-state index contributed by atoms with van der Waals surface area (Å²) >= 11 is 0. The van der Waals surface area contributed by atoms with Gasteiger partial charge in [-0.2, -0.15) is 0 Å². The maximum Gasteiger partial charge on any atom is 0.0376 e. The minimum absolute atomic E-state index is 0.487. The van der Waals surface area contributed by atoms with Gasteiger partial charge in [-0.15, -0.1) is 0 Å². The molecule has 2 aliphatic heterocycles. The Bertz CT molecular complexity index is 467. The first-order valence-electron chi connectivity index (χ1n) is 8.59. The van der Waals surface area contributed by atoms with Gasteiger partial charge in [0.15, 0.2) is 0 Å². The molecule has 21 heavy (non-hydrogen) atoms. The van der Waals surface area contributed by atoms with E-state index in [-0.39, 0.29) is 0 Å². The number of fused-ring (bicyclic) bond motifs is 1. The highest BCUT2D eigenvalue weighted by atomic mass is 15.1. The smallest absolute Gasteiger partial charge is 0.0376 e. The number of hydrogen-bond acceptors (Lipinski definition) is 2. The molecule has 1 aromatic rings. The van der Waals surface area contributed by atoms with Gasteiger partial charge in [0.25, 0.3) is 0 Å². The number of anilines is 1. The second-order valence-electron chi connectivity index (χ2n) is 7.94. The zero-order chi connectivity index (χ0) is 14.9. The highest BCUT2D eigenvalue weighted by Gasteiger charge is 2.29. The molecule has 3 rings (SSSR count). The van der Waals surface area contributed by atoms with Gasteiger partial charge in [0, 0.05) is 18.2 Å². The summed E-state index contributed by atoms with van der Waals surface area (Å²) < 4.78 is 0. The van der Waals surface area contributed by atoms with Crippen LogP contribution in [0.5, 0.6) is 0 Å². The molecule has 0 saturated carbocycles. The fraction of sp³-hybridized carbons (Fsp3) is 0.684. The van der Waals surface area contributed by atoms with E-state index in [2.05, 4.69) is 55.3 Å². The molecule has 1 N–H and O–H groups in total. The molecule has 2 aliphatic rings. The number of hydrogen-bond donors (Lipinski definition) is 1. The Hall–Kier alpha value is -1.02. The van der Waals surface area contributed by atoms with Gasteiger partial charge < -0.3 is 10.2 Å². The van der Waals surface area contributed by atoms with Crippen LogP contribution in [0.3, 0.4) is 0 Å². The molecule has 2 heteroatoms. The predicted molar refractivity (Wildman–Crippen MR) is 90.9 cm³/mol. The van der Waals surface area contributed by atoms with Gasteiger partial charge in [0.05, 0.1) is 0 Å². The van der Waals surface area contributed by atoms with E-state index in [9.17, 15) is 0 Å². The second kappa shape index (κ2) is 6.00. The van der Waals surface area contributed by atoms with E-state index in [0.29, 0.717) is 11.3 Å². The summed E-state index contributed by atoms with van der Waals surface area (Å²) in [5.41, 5.74) is 3.37. The van der Waals surface area contributed by atoms with Crippen LogP contribution in [0.1, 0.15) is 51.5 Å². The minimum Gasteiger partial charge on any atom is -0.384 e. The first-order valence-corrected chi connectivity index (χ1v) is 8.59. The van der Waals surface area contributed by atoms with Crippen LogP contribution < -0.4 is 5.32 Å². The zero-order valence-electron chi connectivity index (χ0n) is 13.9.